The predicted octanol–water partition coefficient (Wildman–Crippen LogP) is 3.45. The van der Waals surface area contributed by atoms with Gasteiger partial charge in [-0.15, -0.1) is 0 Å². The van der Waals surface area contributed by atoms with Crippen LogP contribution >= 0.6 is 11.6 Å². The van der Waals surface area contributed by atoms with E-state index in [2.05, 4.69) is 10.0 Å². The first kappa shape index (κ1) is 16.6. The largest absolute Gasteiger partial charge is 0.417 e. The van der Waals surface area contributed by atoms with Gasteiger partial charge < -0.3 is 10.2 Å². The Morgan fingerprint density at radius 3 is 2.50 bits per heavy atom. The van der Waals surface area contributed by atoms with E-state index in [9.17, 15) is 23.4 Å². The van der Waals surface area contributed by atoms with Gasteiger partial charge in [0.05, 0.1) is 16.7 Å². The minimum atomic E-state index is -4.58. The fourth-order valence-electron chi connectivity index (χ4n) is 1.56. The van der Waals surface area contributed by atoms with E-state index in [1.54, 1.807) is 0 Å². The van der Waals surface area contributed by atoms with Crippen LogP contribution in [-0.4, -0.2) is 22.9 Å². The summed E-state index contributed by atoms with van der Waals surface area (Å²) in [6, 6.07) is 2.73. The Hall–Kier alpha value is -1.47. The average Bonchev–Trinajstić information content (AvgIpc) is 2.36. The number of nitrogens with zero attached hydrogens (tertiary/aromatic N) is 3. The van der Waals surface area contributed by atoms with Crippen LogP contribution in [0.4, 0.5) is 13.2 Å². The van der Waals surface area contributed by atoms with Gasteiger partial charge in [-0.25, -0.2) is 0 Å². The van der Waals surface area contributed by atoms with Crippen molar-refractivity contribution >= 4 is 11.6 Å². The lowest BCUT2D eigenvalue weighted by molar-refractivity contribution is -0.137. The summed E-state index contributed by atoms with van der Waals surface area (Å²) in [5.41, 5.74) is 7.11. The van der Waals surface area contributed by atoms with E-state index in [1.807, 2.05) is 0 Å². The molecule has 0 aliphatic rings. The van der Waals surface area contributed by atoms with Gasteiger partial charge >= 0.3 is 6.18 Å². The quantitative estimate of drug-likeness (QED) is 0.495. The van der Waals surface area contributed by atoms with E-state index in [0.717, 1.165) is 18.2 Å². The molecule has 110 valence electrons. The molecule has 0 heterocycles. The van der Waals surface area contributed by atoms with Crippen molar-refractivity contribution in [1.29, 1.82) is 0 Å². The zero-order valence-electron chi connectivity index (χ0n) is 10.0. The van der Waals surface area contributed by atoms with Gasteiger partial charge in [0, 0.05) is 11.5 Å². The average molecular weight is 310 g/mol. The summed E-state index contributed by atoms with van der Waals surface area (Å²) in [4.78, 5) is 2.48. The number of benzene rings is 1. The highest BCUT2D eigenvalue weighted by molar-refractivity contribution is 6.31. The van der Waals surface area contributed by atoms with Crippen LogP contribution in [-0.2, 0) is 6.18 Å². The molecular weight excluding hydrogens is 299 g/mol. The van der Waals surface area contributed by atoms with Crippen LogP contribution < -0.4 is 0 Å². The topological polar surface area (TPSA) is 89.2 Å². The maximum Gasteiger partial charge on any atom is 0.417 e. The van der Waals surface area contributed by atoms with E-state index in [-0.39, 0.29) is 18.5 Å². The highest BCUT2D eigenvalue weighted by atomic mass is 35.5. The lowest BCUT2D eigenvalue weighted by Gasteiger charge is -2.18. The normalized spacial score (nSPS) is 14.5. The summed E-state index contributed by atoms with van der Waals surface area (Å²) in [7, 11) is 0. The molecule has 5 nitrogen and oxygen atoms in total. The molecule has 0 aliphatic carbocycles. The third-order valence-corrected chi connectivity index (χ3v) is 2.91. The number of aliphatic hydroxyl groups excluding tert-OH is 2. The maximum absolute atomic E-state index is 12.5. The first-order chi connectivity index (χ1) is 9.27. The molecule has 1 rings (SSSR count). The zero-order valence-corrected chi connectivity index (χ0v) is 10.8. The van der Waals surface area contributed by atoms with E-state index in [4.69, 9.17) is 17.1 Å². The van der Waals surface area contributed by atoms with Crippen molar-refractivity contribution in [3.63, 3.8) is 0 Å². The first-order valence-corrected chi connectivity index (χ1v) is 5.88. The molecule has 0 saturated carbocycles. The summed E-state index contributed by atoms with van der Waals surface area (Å²) in [5.74, 6) is 0. The van der Waals surface area contributed by atoms with Crippen molar-refractivity contribution in [2.45, 2.75) is 24.8 Å². The summed E-state index contributed by atoms with van der Waals surface area (Å²) in [6.07, 6.45) is -7.29. The van der Waals surface area contributed by atoms with Gasteiger partial charge in [0.2, 0.25) is 0 Å². The molecule has 1 aromatic rings. The van der Waals surface area contributed by atoms with Crippen LogP contribution in [0, 0.1) is 0 Å². The van der Waals surface area contributed by atoms with Crippen molar-refractivity contribution < 1.29 is 23.4 Å². The van der Waals surface area contributed by atoms with Crippen molar-refractivity contribution in [3.8, 4) is 0 Å². The summed E-state index contributed by atoms with van der Waals surface area (Å²) in [5, 5.41) is 22.0. The monoisotopic (exact) mass is 309 g/mol. The van der Waals surface area contributed by atoms with Crippen LogP contribution in [0.15, 0.2) is 23.3 Å². The molecular formula is C11H11ClF3N3O2. The highest BCUT2D eigenvalue weighted by Gasteiger charge is 2.33. The van der Waals surface area contributed by atoms with Gasteiger partial charge in [-0.3, -0.25) is 0 Å². The van der Waals surface area contributed by atoms with Crippen molar-refractivity contribution in [1.82, 2.24) is 0 Å². The second-order valence-corrected chi connectivity index (χ2v) is 4.40. The maximum atomic E-state index is 12.5. The summed E-state index contributed by atoms with van der Waals surface area (Å²) in [6.45, 7) is -0.0386. The van der Waals surface area contributed by atoms with Crippen molar-refractivity contribution in [2.75, 3.05) is 6.54 Å². The van der Waals surface area contributed by atoms with E-state index in [1.165, 1.54) is 0 Å². The van der Waals surface area contributed by atoms with E-state index in [0.29, 0.717) is 0 Å². The molecule has 2 N–H and O–H groups in total. The molecule has 0 aromatic heterocycles. The fourth-order valence-corrected chi connectivity index (χ4v) is 1.86. The third kappa shape index (κ3) is 4.28. The van der Waals surface area contributed by atoms with Crippen LogP contribution in [0.1, 0.15) is 23.7 Å². The SMILES string of the molecule is [N-]=[N+]=NCCC(O)C(O)c1ccc(C(F)(F)F)c(Cl)c1. The molecule has 2 unspecified atom stereocenters. The highest BCUT2D eigenvalue weighted by Crippen LogP contribution is 2.36. The van der Waals surface area contributed by atoms with Gasteiger partial charge in [-0.1, -0.05) is 22.8 Å². The molecule has 0 aliphatic heterocycles. The van der Waals surface area contributed by atoms with Gasteiger partial charge in [-0.05, 0) is 29.6 Å². The third-order valence-electron chi connectivity index (χ3n) is 2.59. The van der Waals surface area contributed by atoms with Gasteiger partial charge in [0.25, 0.3) is 0 Å². The lowest BCUT2D eigenvalue weighted by Crippen LogP contribution is -2.19. The van der Waals surface area contributed by atoms with Crippen molar-refractivity contribution in [2.24, 2.45) is 5.11 Å². The molecule has 0 fully saturated rings. The molecule has 0 amide bonds. The standard InChI is InChI=1S/C11H11ClF3N3O2/c12-8-5-6(1-2-7(8)11(13,14)15)10(20)9(19)3-4-17-18-16/h1-2,5,9-10,19-20H,3-4H2. The zero-order chi connectivity index (χ0) is 15.3. The second kappa shape index (κ2) is 6.81. The molecule has 9 heteroatoms. The molecule has 0 radical (unpaired) electrons. The fraction of sp³-hybridized carbons (Fsp3) is 0.455. The molecule has 20 heavy (non-hydrogen) atoms. The number of alkyl halides is 3. The molecule has 0 saturated heterocycles. The Bertz CT molecular complexity index is 518. The smallest absolute Gasteiger partial charge is 0.390 e. The molecule has 1 aromatic carbocycles. The Morgan fingerprint density at radius 1 is 1.35 bits per heavy atom. The van der Waals surface area contributed by atoms with Crippen LogP contribution in [0.25, 0.3) is 10.4 Å². The van der Waals surface area contributed by atoms with Gasteiger partial charge in [0.15, 0.2) is 0 Å². The number of hydrogen-bond donors (Lipinski definition) is 2. The summed E-state index contributed by atoms with van der Waals surface area (Å²) < 4.78 is 37.5. The number of halogens is 4. The Balaban J connectivity index is 2.87. The van der Waals surface area contributed by atoms with Gasteiger partial charge in [-0.2, -0.15) is 13.2 Å². The molecule has 0 bridgehead atoms. The first-order valence-electron chi connectivity index (χ1n) is 5.51. The number of azide groups is 1. The Kier molecular flexibility index (Phi) is 5.64. The van der Waals surface area contributed by atoms with Crippen molar-refractivity contribution in [3.05, 3.63) is 44.8 Å². The lowest BCUT2D eigenvalue weighted by atomic mass is 10.0. The van der Waals surface area contributed by atoms with Crippen LogP contribution in [0.2, 0.25) is 5.02 Å². The predicted molar refractivity (Wildman–Crippen MR) is 66.1 cm³/mol. The molecule has 2 atom stereocenters. The minimum absolute atomic E-state index is 0.0239. The second-order valence-electron chi connectivity index (χ2n) is 3.99. The minimum Gasteiger partial charge on any atom is -0.390 e. The van der Waals surface area contributed by atoms with Gasteiger partial charge in [0.1, 0.15) is 6.10 Å². The van der Waals surface area contributed by atoms with Crippen LogP contribution in [0.5, 0.6) is 0 Å². The number of rotatable bonds is 5. The Morgan fingerprint density at radius 2 is 2.00 bits per heavy atom. The number of aliphatic hydroxyl groups is 2. The van der Waals surface area contributed by atoms with E-state index >= 15 is 0 Å². The van der Waals surface area contributed by atoms with Crippen LogP contribution in [0.3, 0.4) is 0 Å². The van der Waals surface area contributed by atoms with E-state index < -0.39 is 29.0 Å². The Labute approximate surface area is 117 Å². The summed E-state index contributed by atoms with van der Waals surface area (Å²) >= 11 is 5.51. The molecule has 0 spiro atoms. The number of hydrogen-bond acceptors (Lipinski definition) is 3.